The van der Waals surface area contributed by atoms with Gasteiger partial charge >= 0.3 is 0 Å². The van der Waals surface area contributed by atoms with Crippen LogP contribution in [0.15, 0.2) is 29.2 Å². The Hall–Kier alpha value is -1.38. The minimum atomic E-state index is -3.14. The molecule has 3 unspecified atom stereocenters. The van der Waals surface area contributed by atoms with E-state index in [9.17, 15) is 8.42 Å². The van der Waals surface area contributed by atoms with E-state index in [1.807, 2.05) is 19.1 Å². The van der Waals surface area contributed by atoms with Gasteiger partial charge in [-0.05, 0) is 37.5 Å². The van der Waals surface area contributed by atoms with Crippen molar-refractivity contribution in [3.63, 3.8) is 0 Å². The number of nitrogens with one attached hydrogen (secondary N) is 1. The van der Waals surface area contributed by atoms with E-state index in [-0.39, 0.29) is 18.0 Å². The Morgan fingerprint density at radius 3 is 2.50 bits per heavy atom. The predicted octanol–water partition coefficient (Wildman–Crippen LogP) is 2.43. The minimum absolute atomic E-state index is 0.0905. The molecule has 0 amide bonds. The highest BCUT2D eigenvalue weighted by molar-refractivity contribution is 7.90. The Morgan fingerprint density at radius 2 is 1.95 bits per heavy atom. The second-order valence-electron chi connectivity index (χ2n) is 5.50. The molecule has 108 valence electrons. The van der Waals surface area contributed by atoms with E-state index in [2.05, 4.69) is 11.4 Å². The van der Waals surface area contributed by atoms with Gasteiger partial charge in [0.25, 0.3) is 0 Å². The lowest BCUT2D eigenvalue weighted by Crippen LogP contribution is -2.33. The van der Waals surface area contributed by atoms with Gasteiger partial charge in [-0.15, -0.1) is 0 Å². The van der Waals surface area contributed by atoms with Crippen LogP contribution in [0.5, 0.6) is 0 Å². The Morgan fingerprint density at radius 1 is 1.30 bits per heavy atom. The molecule has 0 spiro atoms. The van der Waals surface area contributed by atoms with Crippen LogP contribution < -0.4 is 5.32 Å². The molecule has 5 heteroatoms. The van der Waals surface area contributed by atoms with Crippen molar-refractivity contribution in [3.8, 4) is 6.07 Å². The molecule has 0 bridgehead atoms. The summed E-state index contributed by atoms with van der Waals surface area (Å²) in [7, 11) is -3.14. The van der Waals surface area contributed by atoms with Gasteiger partial charge < -0.3 is 5.32 Å². The molecule has 0 aromatic heterocycles. The van der Waals surface area contributed by atoms with E-state index in [1.54, 1.807) is 12.1 Å². The first-order valence-electron chi connectivity index (χ1n) is 6.87. The summed E-state index contributed by atoms with van der Waals surface area (Å²) in [6.45, 7) is 2.04. The number of hydrogen-bond donors (Lipinski definition) is 1. The summed E-state index contributed by atoms with van der Waals surface area (Å²) >= 11 is 0. The standard InChI is InChI=1S/C15H20N2O2S/c1-11(17-15-5-3-4-13(15)10-16)12-6-8-14(9-7-12)20(2,18)19/h6-9,11,13,15,17H,3-5H2,1-2H3. The molecule has 0 heterocycles. The maximum Gasteiger partial charge on any atom is 0.175 e. The molecular weight excluding hydrogens is 272 g/mol. The number of hydrogen-bond acceptors (Lipinski definition) is 4. The normalized spacial score (nSPS) is 24.2. The van der Waals surface area contributed by atoms with Crippen LogP contribution in [0.2, 0.25) is 0 Å². The third-order valence-electron chi connectivity index (χ3n) is 3.95. The molecule has 1 aromatic rings. The summed E-state index contributed by atoms with van der Waals surface area (Å²) in [6.07, 6.45) is 4.30. The second kappa shape index (κ2) is 5.94. The fourth-order valence-corrected chi connectivity index (χ4v) is 3.37. The van der Waals surface area contributed by atoms with Gasteiger partial charge in [-0.1, -0.05) is 18.6 Å². The quantitative estimate of drug-likeness (QED) is 0.925. The van der Waals surface area contributed by atoms with Crippen molar-refractivity contribution < 1.29 is 8.42 Å². The molecule has 0 saturated heterocycles. The maximum atomic E-state index is 11.4. The van der Waals surface area contributed by atoms with Gasteiger partial charge in [0.2, 0.25) is 0 Å². The zero-order valence-electron chi connectivity index (χ0n) is 11.8. The lowest BCUT2D eigenvalue weighted by atomic mass is 10.0. The van der Waals surface area contributed by atoms with Gasteiger partial charge in [-0.25, -0.2) is 8.42 Å². The van der Waals surface area contributed by atoms with Gasteiger partial charge in [0.15, 0.2) is 9.84 Å². The number of nitrogens with zero attached hydrogens (tertiary/aromatic N) is 1. The van der Waals surface area contributed by atoms with Crippen molar-refractivity contribution in [3.05, 3.63) is 29.8 Å². The Labute approximate surface area is 120 Å². The Balaban J connectivity index is 2.06. The fourth-order valence-electron chi connectivity index (χ4n) is 2.74. The highest BCUT2D eigenvalue weighted by atomic mass is 32.2. The van der Waals surface area contributed by atoms with E-state index in [1.165, 1.54) is 6.26 Å². The van der Waals surface area contributed by atoms with Crippen LogP contribution >= 0.6 is 0 Å². The Kier molecular flexibility index (Phi) is 4.46. The van der Waals surface area contributed by atoms with Crippen LogP contribution in [-0.2, 0) is 9.84 Å². The van der Waals surface area contributed by atoms with Gasteiger partial charge in [0.1, 0.15) is 0 Å². The van der Waals surface area contributed by atoms with Crippen molar-refractivity contribution >= 4 is 9.84 Å². The summed E-state index contributed by atoms with van der Waals surface area (Å²) in [6, 6.07) is 9.66. The molecule has 1 saturated carbocycles. The molecule has 0 aliphatic heterocycles. The molecule has 0 radical (unpaired) electrons. The zero-order chi connectivity index (χ0) is 14.8. The minimum Gasteiger partial charge on any atom is -0.306 e. The number of rotatable bonds is 4. The van der Waals surface area contributed by atoms with Crippen LogP contribution in [0.25, 0.3) is 0 Å². The number of benzene rings is 1. The van der Waals surface area contributed by atoms with E-state index in [0.29, 0.717) is 4.90 Å². The topological polar surface area (TPSA) is 70.0 Å². The average molecular weight is 292 g/mol. The molecule has 1 fully saturated rings. The van der Waals surface area contributed by atoms with Gasteiger partial charge in [-0.2, -0.15) is 5.26 Å². The molecule has 20 heavy (non-hydrogen) atoms. The fraction of sp³-hybridized carbons (Fsp3) is 0.533. The first-order valence-corrected chi connectivity index (χ1v) is 8.76. The van der Waals surface area contributed by atoms with E-state index in [0.717, 1.165) is 24.8 Å². The highest BCUT2D eigenvalue weighted by Crippen LogP contribution is 2.27. The molecule has 1 aliphatic carbocycles. The summed E-state index contributed by atoms with van der Waals surface area (Å²) < 4.78 is 22.8. The molecule has 1 aliphatic rings. The van der Waals surface area contributed by atoms with Crippen LogP contribution in [0.4, 0.5) is 0 Å². The largest absolute Gasteiger partial charge is 0.306 e. The second-order valence-corrected chi connectivity index (χ2v) is 7.52. The molecule has 2 rings (SSSR count). The van der Waals surface area contributed by atoms with E-state index >= 15 is 0 Å². The molecular formula is C15H20N2O2S. The van der Waals surface area contributed by atoms with Gasteiger partial charge in [0, 0.05) is 18.3 Å². The third-order valence-corrected chi connectivity index (χ3v) is 5.08. The zero-order valence-corrected chi connectivity index (χ0v) is 12.7. The SMILES string of the molecule is CC(NC1CCCC1C#N)c1ccc(S(C)(=O)=O)cc1. The Bertz CT molecular complexity index is 602. The van der Waals surface area contributed by atoms with E-state index < -0.39 is 9.84 Å². The molecule has 4 nitrogen and oxygen atoms in total. The summed E-state index contributed by atoms with van der Waals surface area (Å²) in [4.78, 5) is 0.337. The van der Waals surface area contributed by atoms with Crippen molar-refractivity contribution in [1.29, 1.82) is 5.26 Å². The van der Waals surface area contributed by atoms with Crippen LogP contribution in [0, 0.1) is 17.2 Å². The monoisotopic (exact) mass is 292 g/mol. The van der Waals surface area contributed by atoms with Crippen molar-refractivity contribution in [2.75, 3.05) is 6.26 Å². The lowest BCUT2D eigenvalue weighted by Gasteiger charge is -2.22. The molecule has 3 atom stereocenters. The van der Waals surface area contributed by atoms with Crippen molar-refractivity contribution in [2.45, 2.75) is 43.2 Å². The summed E-state index contributed by atoms with van der Waals surface area (Å²) in [5.74, 6) is 0.0905. The van der Waals surface area contributed by atoms with Gasteiger partial charge in [0.05, 0.1) is 16.9 Å². The van der Waals surface area contributed by atoms with Crippen LogP contribution in [0.3, 0.4) is 0 Å². The van der Waals surface area contributed by atoms with Gasteiger partial charge in [-0.3, -0.25) is 0 Å². The third kappa shape index (κ3) is 3.38. The molecule has 1 aromatic carbocycles. The number of sulfone groups is 1. The highest BCUT2D eigenvalue weighted by Gasteiger charge is 2.28. The summed E-state index contributed by atoms with van der Waals surface area (Å²) in [5.41, 5.74) is 1.04. The first-order chi connectivity index (χ1) is 9.41. The average Bonchev–Trinajstić information content (AvgIpc) is 2.85. The predicted molar refractivity (Wildman–Crippen MR) is 77.8 cm³/mol. The van der Waals surface area contributed by atoms with Crippen LogP contribution in [-0.4, -0.2) is 20.7 Å². The van der Waals surface area contributed by atoms with Crippen molar-refractivity contribution in [1.82, 2.24) is 5.32 Å². The van der Waals surface area contributed by atoms with Crippen molar-refractivity contribution in [2.24, 2.45) is 5.92 Å². The first kappa shape index (κ1) is 15.0. The molecule has 1 N–H and O–H groups in total. The lowest BCUT2D eigenvalue weighted by molar-refractivity contribution is 0.417. The summed E-state index contributed by atoms with van der Waals surface area (Å²) in [5, 5.41) is 12.6. The maximum absolute atomic E-state index is 11.4. The smallest absolute Gasteiger partial charge is 0.175 e. The number of nitriles is 1. The van der Waals surface area contributed by atoms with Crippen LogP contribution in [0.1, 0.15) is 37.8 Å². The van der Waals surface area contributed by atoms with E-state index in [4.69, 9.17) is 5.26 Å².